The normalized spacial score (nSPS) is 24.1. The minimum absolute atomic E-state index is 0.0442. The van der Waals surface area contributed by atoms with Crippen LogP contribution in [0.5, 0.6) is 5.75 Å². The molecule has 0 amide bonds. The van der Waals surface area contributed by atoms with Crippen LogP contribution < -0.4 is 4.43 Å². The molecule has 0 aromatic heterocycles. The van der Waals surface area contributed by atoms with Crippen LogP contribution in [0.2, 0.25) is 18.1 Å². The van der Waals surface area contributed by atoms with Gasteiger partial charge in [-0.1, -0.05) is 53.7 Å². The van der Waals surface area contributed by atoms with E-state index in [1.807, 2.05) is 12.1 Å². The molecule has 0 radical (unpaired) electrons. The maximum Gasteiger partial charge on any atom is 0.331 e. The Morgan fingerprint density at radius 3 is 2.35 bits per heavy atom. The molecular weight excluding hydrogens is 488 g/mol. The van der Waals surface area contributed by atoms with Crippen LogP contribution in [-0.4, -0.2) is 54.0 Å². The summed E-state index contributed by atoms with van der Waals surface area (Å²) in [5, 5.41) is 0.0480. The SMILES string of the molecule is COCO[C@@H]1CCC(C)(C)[C@H](C)[C@]1(COC(=O)/C=C/C(=O)OC)c1cccc(O[Si](C)(C)C(C)(C)C)c1. The van der Waals surface area contributed by atoms with E-state index in [9.17, 15) is 9.59 Å². The number of hydrogen-bond acceptors (Lipinski definition) is 7. The van der Waals surface area contributed by atoms with Gasteiger partial charge in [-0.25, -0.2) is 9.59 Å². The largest absolute Gasteiger partial charge is 0.543 e. The van der Waals surface area contributed by atoms with Gasteiger partial charge in [0.05, 0.1) is 18.6 Å². The molecule has 1 aliphatic rings. The zero-order chi connectivity index (χ0) is 28.1. The highest BCUT2D eigenvalue weighted by atomic mass is 28.4. The highest BCUT2D eigenvalue weighted by Crippen LogP contribution is 2.54. The summed E-state index contributed by atoms with van der Waals surface area (Å²) >= 11 is 0. The summed E-state index contributed by atoms with van der Waals surface area (Å²) < 4.78 is 28.6. The summed E-state index contributed by atoms with van der Waals surface area (Å²) in [6.07, 6.45) is 3.65. The zero-order valence-corrected chi connectivity index (χ0v) is 25.3. The van der Waals surface area contributed by atoms with Gasteiger partial charge < -0.3 is 23.4 Å². The van der Waals surface area contributed by atoms with Crippen molar-refractivity contribution in [3.05, 3.63) is 42.0 Å². The van der Waals surface area contributed by atoms with Gasteiger partial charge in [0.25, 0.3) is 0 Å². The van der Waals surface area contributed by atoms with Gasteiger partial charge in [0.2, 0.25) is 8.32 Å². The van der Waals surface area contributed by atoms with Gasteiger partial charge in [-0.3, -0.25) is 0 Å². The number of esters is 2. The maximum absolute atomic E-state index is 12.6. The fourth-order valence-corrected chi connectivity index (χ4v) is 5.83. The van der Waals surface area contributed by atoms with Crippen molar-refractivity contribution in [2.45, 2.75) is 84.0 Å². The summed E-state index contributed by atoms with van der Waals surface area (Å²) in [6, 6.07) is 8.14. The highest BCUT2D eigenvalue weighted by Gasteiger charge is 2.55. The van der Waals surface area contributed by atoms with Crippen molar-refractivity contribution in [1.29, 1.82) is 0 Å². The number of rotatable bonds is 10. The third kappa shape index (κ3) is 7.24. The second kappa shape index (κ2) is 12.1. The lowest BCUT2D eigenvalue weighted by Crippen LogP contribution is -2.58. The van der Waals surface area contributed by atoms with Gasteiger partial charge in [0.15, 0.2) is 0 Å². The summed E-state index contributed by atoms with van der Waals surface area (Å²) in [5.74, 6) is -0.340. The lowest BCUT2D eigenvalue weighted by molar-refractivity contribution is -0.167. The van der Waals surface area contributed by atoms with Gasteiger partial charge >= 0.3 is 11.9 Å². The third-order valence-electron chi connectivity index (χ3n) is 8.52. The van der Waals surface area contributed by atoms with Crippen LogP contribution in [-0.2, 0) is 34.0 Å². The van der Waals surface area contributed by atoms with E-state index in [4.69, 9.17) is 18.6 Å². The first-order valence-corrected chi connectivity index (χ1v) is 15.8. The summed E-state index contributed by atoms with van der Waals surface area (Å²) in [5.41, 5.74) is 0.286. The molecule has 1 aliphatic carbocycles. The Bertz CT molecular complexity index is 963. The minimum Gasteiger partial charge on any atom is -0.543 e. The van der Waals surface area contributed by atoms with E-state index >= 15 is 0 Å². The van der Waals surface area contributed by atoms with E-state index in [2.05, 4.69) is 71.5 Å². The Hall–Kier alpha value is -2.16. The summed E-state index contributed by atoms with van der Waals surface area (Å²) in [7, 11) is 0.783. The van der Waals surface area contributed by atoms with E-state index in [0.717, 1.165) is 36.3 Å². The molecule has 37 heavy (non-hydrogen) atoms. The van der Waals surface area contributed by atoms with Crippen LogP contribution in [0, 0.1) is 11.3 Å². The van der Waals surface area contributed by atoms with Gasteiger partial charge in [-0.15, -0.1) is 0 Å². The Morgan fingerprint density at radius 1 is 1.11 bits per heavy atom. The molecule has 0 N–H and O–H groups in total. The second-order valence-corrected chi connectivity index (χ2v) is 16.9. The molecule has 2 rings (SSSR count). The predicted molar refractivity (Wildman–Crippen MR) is 147 cm³/mol. The molecular formula is C29H46O7Si. The van der Waals surface area contributed by atoms with Crippen LogP contribution in [0.3, 0.4) is 0 Å². The van der Waals surface area contributed by atoms with Crippen LogP contribution >= 0.6 is 0 Å². The molecule has 1 fully saturated rings. The molecule has 8 heteroatoms. The van der Waals surface area contributed by atoms with Crippen molar-refractivity contribution < 1.29 is 33.0 Å². The van der Waals surface area contributed by atoms with Crippen LogP contribution in [0.1, 0.15) is 59.9 Å². The molecule has 0 unspecified atom stereocenters. The molecule has 3 atom stereocenters. The van der Waals surface area contributed by atoms with E-state index < -0.39 is 25.7 Å². The van der Waals surface area contributed by atoms with Crippen LogP contribution in [0.4, 0.5) is 0 Å². The smallest absolute Gasteiger partial charge is 0.331 e. The molecule has 0 heterocycles. The predicted octanol–water partition coefficient (Wildman–Crippen LogP) is 6.03. The minimum atomic E-state index is -2.08. The maximum atomic E-state index is 12.6. The van der Waals surface area contributed by atoms with E-state index in [1.165, 1.54) is 7.11 Å². The van der Waals surface area contributed by atoms with Crippen LogP contribution in [0.25, 0.3) is 0 Å². The molecule has 0 aliphatic heterocycles. The third-order valence-corrected chi connectivity index (χ3v) is 12.9. The van der Waals surface area contributed by atoms with Gasteiger partial charge in [0.1, 0.15) is 19.1 Å². The number of benzene rings is 1. The van der Waals surface area contributed by atoms with Crippen molar-refractivity contribution in [3.63, 3.8) is 0 Å². The van der Waals surface area contributed by atoms with Crippen molar-refractivity contribution in [1.82, 2.24) is 0 Å². The first-order chi connectivity index (χ1) is 17.1. The van der Waals surface area contributed by atoms with E-state index in [1.54, 1.807) is 7.11 Å². The molecule has 0 bridgehead atoms. The van der Waals surface area contributed by atoms with E-state index in [0.29, 0.717) is 0 Å². The average Bonchev–Trinajstić information content (AvgIpc) is 2.82. The fourth-order valence-electron chi connectivity index (χ4n) is 4.81. The lowest BCUT2D eigenvalue weighted by Gasteiger charge is -2.54. The zero-order valence-electron chi connectivity index (χ0n) is 24.3. The molecule has 208 valence electrons. The average molecular weight is 535 g/mol. The molecule has 1 aromatic rings. The number of carbonyl (C=O) groups is 2. The van der Waals surface area contributed by atoms with Crippen molar-refractivity contribution in [2.24, 2.45) is 11.3 Å². The van der Waals surface area contributed by atoms with Gasteiger partial charge in [-0.05, 0) is 60.0 Å². The van der Waals surface area contributed by atoms with Crippen molar-refractivity contribution >= 4 is 20.3 Å². The van der Waals surface area contributed by atoms with E-state index in [-0.39, 0.29) is 35.9 Å². The second-order valence-electron chi connectivity index (χ2n) is 12.2. The van der Waals surface area contributed by atoms with Crippen LogP contribution in [0.15, 0.2) is 36.4 Å². The fraction of sp³-hybridized carbons (Fsp3) is 0.655. The topological polar surface area (TPSA) is 80.3 Å². The van der Waals surface area contributed by atoms with Crippen molar-refractivity contribution in [2.75, 3.05) is 27.6 Å². The quantitative estimate of drug-likeness (QED) is 0.157. The Kier molecular flexibility index (Phi) is 10.2. The number of ether oxygens (including phenoxy) is 4. The molecule has 1 saturated carbocycles. The lowest BCUT2D eigenvalue weighted by atomic mass is 9.53. The Balaban J connectivity index is 2.58. The monoisotopic (exact) mass is 534 g/mol. The van der Waals surface area contributed by atoms with Crippen molar-refractivity contribution in [3.8, 4) is 5.75 Å². The first-order valence-electron chi connectivity index (χ1n) is 12.9. The summed E-state index contributed by atoms with van der Waals surface area (Å²) in [6.45, 7) is 18.0. The Labute approximate surface area is 224 Å². The number of hydrogen-bond donors (Lipinski definition) is 0. The Morgan fingerprint density at radius 2 is 1.76 bits per heavy atom. The molecule has 7 nitrogen and oxygen atoms in total. The van der Waals surface area contributed by atoms with Gasteiger partial charge in [0, 0.05) is 19.3 Å². The molecule has 0 saturated heterocycles. The molecule has 0 spiro atoms. The molecule has 1 aromatic carbocycles. The highest BCUT2D eigenvalue weighted by molar-refractivity contribution is 6.74. The number of methoxy groups -OCH3 is 2. The number of carbonyl (C=O) groups excluding carboxylic acids is 2. The summed E-state index contributed by atoms with van der Waals surface area (Å²) in [4.78, 5) is 24.1. The van der Waals surface area contributed by atoms with Gasteiger partial charge in [-0.2, -0.15) is 0 Å². The first kappa shape index (κ1) is 31.1. The standard InChI is InChI=1S/C29H46O7Si/c1-21-28(5,6)17-16-24(35-20-32-7)29(21,19-34-26(31)15-14-25(30)33-8)22-12-11-13-23(18-22)36-37(9,10)27(2,3)4/h11-15,18,21,24H,16-17,19-20H2,1-10H3/b15-14+/t21-,24+,29+/m0/s1.